The van der Waals surface area contributed by atoms with E-state index in [4.69, 9.17) is 4.74 Å². The van der Waals surface area contributed by atoms with Crippen LogP contribution in [0.3, 0.4) is 0 Å². The maximum absolute atomic E-state index is 12.9. The van der Waals surface area contributed by atoms with Gasteiger partial charge < -0.3 is 10.1 Å². The third kappa shape index (κ3) is 5.43. The molecule has 0 saturated heterocycles. The van der Waals surface area contributed by atoms with Gasteiger partial charge in [-0.25, -0.2) is 0 Å². The molecule has 1 aromatic heterocycles. The molecule has 148 valence electrons. The largest absolute Gasteiger partial charge is 0.381 e. The summed E-state index contributed by atoms with van der Waals surface area (Å²) < 4.78 is 6.74. The Hall–Kier alpha value is -2.17. The number of fused-ring (bicyclic) bond motifs is 1. The first-order chi connectivity index (χ1) is 13.7. The molecule has 0 saturated carbocycles. The summed E-state index contributed by atoms with van der Waals surface area (Å²) in [6.07, 6.45) is 3.85. The number of hydrogen-bond donors (Lipinski definition) is 1. The Morgan fingerprint density at radius 2 is 1.79 bits per heavy atom. The molecule has 3 aromatic rings. The average molecular weight is 396 g/mol. The molecule has 1 amide bonds. The molecule has 3 nitrogen and oxygen atoms in total. The van der Waals surface area contributed by atoms with Gasteiger partial charge in [-0.05, 0) is 48.8 Å². The first-order valence-corrected chi connectivity index (χ1v) is 10.9. The Labute approximate surface area is 171 Å². The Balaban J connectivity index is 1.69. The van der Waals surface area contributed by atoms with Crippen molar-refractivity contribution in [3.05, 3.63) is 70.1 Å². The number of nitrogens with one attached hydrogen (secondary N) is 1. The van der Waals surface area contributed by atoms with Gasteiger partial charge in [-0.1, -0.05) is 61.4 Å². The first kappa shape index (κ1) is 20.6. The normalized spacial score (nSPS) is 11.1. The van der Waals surface area contributed by atoms with Crippen molar-refractivity contribution in [2.24, 2.45) is 0 Å². The lowest BCUT2D eigenvalue weighted by Crippen LogP contribution is -2.25. The maximum atomic E-state index is 12.9. The highest BCUT2D eigenvalue weighted by Crippen LogP contribution is 2.33. The molecule has 0 spiro atoms. The molecule has 0 unspecified atom stereocenters. The number of carbonyl (C=O) groups is 1. The summed E-state index contributed by atoms with van der Waals surface area (Å²) in [6.45, 7) is 6.39. The average Bonchev–Trinajstić information content (AvgIpc) is 3.07. The predicted molar refractivity (Wildman–Crippen MR) is 118 cm³/mol. The van der Waals surface area contributed by atoms with Crippen LogP contribution in [0.2, 0.25) is 0 Å². The van der Waals surface area contributed by atoms with Crippen LogP contribution in [0.25, 0.3) is 10.1 Å². The number of benzene rings is 2. The summed E-state index contributed by atoms with van der Waals surface area (Å²) in [5.74, 6) is 0.0249. The Morgan fingerprint density at radius 1 is 1.04 bits per heavy atom. The summed E-state index contributed by atoms with van der Waals surface area (Å²) in [5, 5.41) is 4.26. The minimum absolute atomic E-state index is 0.0249. The molecule has 0 radical (unpaired) electrons. The van der Waals surface area contributed by atoms with E-state index in [9.17, 15) is 4.79 Å². The van der Waals surface area contributed by atoms with E-state index < -0.39 is 0 Å². The highest BCUT2D eigenvalue weighted by molar-refractivity contribution is 7.21. The Morgan fingerprint density at radius 3 is 2.57 bits per heavy atom. The number of carbonyl (C=O) groups excluding carboxylic acids is 1. The zero-order valence-electron chi connectivity index (χ0n) is 16.8. The highest BCUT2D eigenvalue weighted by atomic mass is 32.1. The molecule has 0 fully saturated rings. The fourth-order valence-electron chi connectivity index (χ4n) is 3.17. The predicted octanol–water partition coefficient (Wildman–Crippen LogP) is 5.74. The molecule has 2 aromatic carbocycles. The summed E-state index contributed by atoms with van der Waals surface area (Å²) in [7, 11) is 0. The number of amides is 1. The van der Waals surface area contributed by atoms with Crippen LogP contribution >= 0.6 is 11.3 Å². The fourth-order valence-corrected chi connectivity index (χ4v) is 4.31. The van der Waals surface area contributed by atoms with Gasteiger partial charge in [-0.15, -0.1) is 11.3 Å². The summed E-state index contributed by atoms with van der Waals surface area (Å²) in [5.41, 5.74) is 3.60. The van der Waals surface area contributed by atoms with E-state index in [-0.39, 0.29) is 5.91 Å². The van der Waals surface area contributed by atoms with E-state index in [0.717, 1.165) is 47.4 Å². The van der Waals surface area contributed by atoms with Crippen molar-refractivity contribution >= 4 is 27.3 Å². The molecule has 0 aliphatic heterocycles. The van der Waals surface area contributed by atoms with Crippen LogP contribution in [0, 0.1) is 6.92 Å². The standard InChI is InChI=1S/C24H29NO2S/c1-3-4-15-27-16-7-14-25-24(26)23-21(17-19-12-10-18(2)11-13-19)20-8-5-6-9-22(20)28-23/h5-6,8-13H,3-4,7,14-17H2,1-2H3,(H,25,26). The quantitative estimate of drug-likeness (QED) is 0.445. The molecule has 4 heteroatoms. The van der Waals surface area contributed by atoms with Crippen molar-refractivity contribution in [3.8, 4) is 0 Å². The van der Waals surface area contributed by atoms with Crippen molar-refractivity contribution in [3.63, 3.8) is 0 Å². The summed E-state index contributed by atoms with van der Waals surface area (Å²) in [6, 6.07) is 16.8. The van der Waals surface area contributed by atoms with Crippen molar-refractivity contribution in [1.82, 2.24) is 5.32 Å². The second-order valence-corrected chi connectivity index (χ2v) is 8.20. The number of unbranched alkanes of at least 4 members (excludes halogenated alkanes) is 1. The fraction of sp³-hybridized carbons (Fsp3) is 0.375. The second kappa shape index (κ2) is 10.4. The molecule has 1 heterocycles. The Bertz CT molecular complexity index is 899. The summed E-state index contributed by atoms with van der Waals surface area (Å²) in [4.78, 5) is 13.7. The van der Waals surface area contributed by atoms with E-state index >= 15 is 0 Å². The molecule has 3 rings (SSSR count). The minimum atomic E-state index is 0.0249. The van der Waals surface area contributed by atoms with E-state index in [1.165, 1.54) is 16.5 Å². The van der Waals surface area contributed by atoms with Crippen LogP contribution in [-0.4, -0.2) is 25.7 Å². The molecule has 0 aliphatic carbocycles. The van der Waals surface area contributed by atoms with Gasteiger partial charge in [0.2, 0.25) is 0 Å². The third-order valence-electron chi connectivity index (χ3n) is 4.80. The highest BCUT2D eigenvalue weighted by Gasteiger charge is 2.18. The third-order valence-corrected chi connectivity index (χ3v) is 6.01. The number of rotatable bonds is 10. The van der Waals surface area contributed by atoms with Gasteiger partial charge in [0.15, 0.2) is 0 Å². The molecular formula is C24H29NO2S. The van der Waals surface area contributed by atoms with E-state index in [1.54, 1.807) is 11.3 Å². The van der Waals surface area contributed by atoms with Crippen LogP contribution < -0.4 is 5.32 Å². The van der Waals surface area contributed by atoms with Gasteiger partial charge in [-0.3, -0.25) is 4.79 Å². The van der Waals surface area contributed by atoms with Crippen molar-refractivity contribution in [2.45, 2.75) is 39.5 Å². The van der Waals surface area contributed by atoms with Gasteiger partial charge in [0.05, 0.1) is 4.88 Å². The summed E-state index contributed by atoms with van der Waals surface area (Å²) >= 11 is 1.59. The lowest BCUT2D eigenvalue weighted by atomic mass is 10.0. The lowest BCUT2D eigenvalue weighted by Gasteiger charge is -2.08. The zero-order chi connectivity index (χ0) is 19.8. The van der Waals surface area contributed by atoms with Crippen LogP contribution in [-0.2, 0) is 11.2 Å². The van der Waals surface area contributed by atoms with Crippen molar-refractivity contribution in [2.75, 3.05) is 19.8 Å². The number of thiophene rings is 1. The van der Waals surface area contributed by atoms with Gasteiger partial charge in [0.25, 0.3) is 5.91 Å². The lowest BCUT2D eigenvalue weighted by molar-refractivity contribution is 0.0944. The number of hydrogen-bond acceptors (Lipinski definition) is 3. The maximum Gasteiger partial charge on any atom is 0.261 e. The Kier molecular flexibility index (Phi) is 7.63. The van der Waals surface area contributed by atoms with Gasteiger partial charge in [0, 0.05) is 24.5 Å². The topological polar surface area (TPSA) is 38.3 Å². The van der Waals surface area contributed by atoms with Crippen molar-refractivity contribution < 1.29 is 9.53 Å². The van der Waals surface area contributed by atoms with Crippen LogP contribution in [0.4, 0.5) is 0 Å². The van der Waals surface area contributed by atoms with E-state index in [0.29, 0.717) is 13.2 Å². The number of aryl methyl sites for hydroxylation is 1. The molecule has 28 heavy (non-hydrogen) atoms. The van der Waals surface area contributed by atoms with Gasteiger partial charge in [0.1, 0.15) is 0 Å². The smallest absolute Gasteiger partial charge is 0.261 e. The number of ether oxygens (including phenoxy) is 1. The van der Waals surface area contributed by atoms with Gasteiger partial charge in [-0.2, -0.15) is 0 Å². The van der Waals surface area contributed by atoms with E-state index in [2.05, 4.69) is 55.6 Å². The molecular weight excluding hydrogens is 366 g/mol. The van der Waals surface area contributed by atoms with E-state index in [1.807, 2.05) is 12.1 Å². The van der Waals surface area contributed by atoms with Crippen LogP contribution in [0.5, 0.6) is 0 Å². The monoisotopic (exact) mass is 395 g/mol. The second-order valence-electron chi connectivity index (χ2n) is 7.14. The molecule has 0 atom stereocenters. The van der Waals surface area contributed by atoms with Crippen LogP contribution in [0.1, 0.15) is 52.5 Å². The molecule has 0 aliphatic rings. The van der Waals surface area contributed by atoms with Crippen LogP contribution in [0.15, 0.2) is 48.5 Å². The molecule has 1 N–H and O–H groups in total. The minimum Gasteiger partial charge on any atom is -0.381 e. The molecule has 0 bridgehead atoms. The van der Waals surface area contributed by atoms with Crippen molar-refractivity contribution in [1.29, 1.82) is 0 Å². The SMILES string of the molecule is CCCCOCCCNC(=O)c1sc2ccccc2c1Cc1ccc(C)cc1. The van der Waals surface area contributed by atoms with Gasteiger partial charge >= 0.3 is 0 Å². The first-order valence-electron chi connectivity index (χ1n) is 10.1. The zero-order valence-corrected chi connectivity index (χ0v) is 17.6.